The Morgan fingerprint density at radius 1 is 1.36 bits per heavy atom. The van der Waals surface area contributed by atoms with Crippen molar-refractivity contribution in [1.29, 1.82) is 0 Å². The number of carbonyl (C=O) groups excluding carboxylic acids is 1. The van der Waals surface area contributed by atoms with Gasteiger partial charge in [-0.1, -0.05) is 0 Å². The number of imidazole rings is 1. The molecule has 1 aliphatic heterocycles. The number of amides is 1. The largest absolute Gasteiger partial charge is 0.388 e. The number of ether oxygens (including phenoxy) is 1. The first-order chi connectivity index (χ1) is 13.5. The van der Waals surface area contributed by atoms with Crippen LogP contribution in [0, 0.1) is 0 Å². The van der Waals surface area contributed by atoms with Crippen LogP contribution in [0.2, 0.25) is 0 Å². The van der Waals surface area contributed by atoms with Crippen molar-refractivity contribution in [3.8, 4) is 0 Å². The molecular formula is C16H20N8O4. The van der Waals surface area contributed by atoms with Crippen LogP contribution in [0.25, 0.3) is 11.2 Å². The van der Waals surface area contributed by atoms with Gasteiger partial charge >= 0.3 is 0 Å². The van der Waals surface area contributed by atoms with Crippen LogP contribution in [-0.2, 0) is 11.8 Å². The highest BCUT2D eigenvalue weighted by molar-refractivity contribution is 5.92. The van der Waals surface area contributed by atoms with Crippen molar-refractivity contribution in [3.63, 3.8) is 0 Å². The summed E-state index contributed by atoms with van der Waals surface area (Å²) in [5.74, 6) is -0.161. The highest BCUT2D eigenvalue weighted by Crippen LogP contribution is 2.28. The monoisotopic (exact) mass is 388 g/mol. The number of hydrogen-bond donors (Lipinski definition) is 4. The summed E-state index contributed by atoms with van der Waals surface area (Å²) in [4.78, 5) is 24.3. The molecule has 12 nitrogen and oxygen atoms in total. The van der Waals surface area contributed by atoms with E-state index in [2.05, 4.69) is 25.4 Å². The summed E-state index contributed by atoms with van der Waals surface area (Å²) in [5, 5.41) is 27.8. The number of rotatable bonds is 4. The molecule has 1 fully saturated rings. The van der Waals surface area contributed by atoms with Crippen molar-refractivity contribution in [2.24, 2.45) is 7.05 Å². The van der Waals surface area contributed by atoms with Crippen molar-refractivity contribution >= 4 is 22.9 Å². The number of nitrogen functional groups attached to an aromatic ring is 1. The third kappa shape index (κ3) is 3.17. The Kier molecular flexibility index (Phi) is 4.66. The molecule has 28 heavy (non-hydrogen) atoms. The van der Waals surface area contributed by atoms with E-state index < -0.39 is 24.4 Å². The van der Waals surface area contributed by atoms with E-state index >= 15 is 0 Å². The van der Waals surface area contributed by atoms with E-state index in [4.69, 9.17) is 10.5 Å². The molecule has 0 aliphatic carbocycles. The van der Waals surface area contributed by atoms with E-state index in [-0.39, 0.29) is 30.6 Å². The maximum atomic E-state index is 12.1. The summed E-state index contributed by atoms with van der Waals surface area (Å²) in [6.07, 6.45) is 1.29. The van der Waals surface area contributed by atoms with Crippen LogP contribution in [-0.4, -0.2) is 76.9 Å². The number of nitrogens with one attached hydrogen (secondary N) is 1. The summed E-state index contributed by atoms with van der Waals surface area (Å²) in [5.41, 5.74) is 6.89. The zero-order valence-corrected chi connectivity index (χ0v) is 15.0. The van der Waals surface area contributed by atoms with E-state index in [1.54, 1.807) is 23.9 Å². The van der Waals surface area contributed by atoms with Crippen LogP contribution in [0.1, 0.15) is 16.5 Å². The van der Waals surface area contributed by atoms with Crippen molar-refractivity contribution in [2.75, 3.05) is 18.9 Å². The quantitative estimate of drug-likeness (QED) is 0.404. The van der Waals surface area contributed by atoms with Gasteiger partial charge in [-0.15, -0.1) is 0 Å². The minimum atomic E-state index is -1.22. The SMILES string of the molecule is Cn1ccc(C(=O)NC[C@H]2OC[C@@H](n3cnc4c(N)ncnc43)[C@H](O)[C@@H]2O)n1. The zero-order valence-electron chi connectivity index (χ0n) is 15.0. The Bertz CT molecular complexity index is 1000. The molecular weight excluding hydrogens is 368 g/mol. The molecule has 5 N–H and O–H groups in total. The average Bonchev–Trinajstić information content (AvgIpc) is 3.30. The zero-order chi connectivity index (χ0) is 19.8. The molecule has 4 heterocycles. The summed E-state index contributed by atoms with van der Waals surface area (Å²) < 4.78 is 8.81. The highest BCUT2D eigenvalue weighted by Gasteiger charge is 2.40. The molecule has 4 atom stereocenters. The van der Waals surface area contributed by atoms with Gasteiger partial charge in [-0.05, 0) is 6.07 Å². The molecule has 3 aromatic heterocycles. The van der Waals surface area contributed by atoms with Crippen molar-refractivity contribution in [1.82, 2.24) is 34.6 Å². The van der Waals surface area contributed by atoms with Gasteiger partial charge in [0.2, 0.25) is 0 Å². The second-order valence-electron chi connectivity index (χ2n) is 6.59. The minimum Gasteiger partial charge on any atom is -0.388 e. The van der Waals surface area contributed by atoms with Crippen molar-refractivity contribution in [3.05, 3.63) is 30.6 Å². The lowest BCUT2D eigenvalue weighted by molar-refractivity contribution is -0.155. The number of fused-ring (bicyclic) bond motifs is 1. The predicted octanol–water partition coefficient (Wildman–Crippen LogP) is -1.77. The minimum absolute atomic E-state index is 0.0279. The van der Waals surface area contributed by atoms with Gasteiger partial charge < -0.3 is 30.6 Å². The van der Waals surface area contributed by atoms with Gasteiger partial charge in [0.05, 0.1) is 19.0 Å². The topological polar surface area (TPSA) is 166 Å². The molecule has 4 rings (SSSR count). The van der Waals surface area contributed by atoms with Crippen LogP contribution in [0.5, 0.6) is 0 Å². The smallest absolute Gasteiger partial charge is 0.271 e. The van der Waals surface area contributed by atoms with Gasteiger partial charge in [0.25, 0.3) is 5.91 Å². The fourth-order valence-corrected chi connectivity index (χ4v) is 3.22. The molecule has 1 aliphatic rings. The molecule has 0 spiro atoms. The maximum absolute atomic E-state index is 12.1. The number of aryl methyl sites for hydroxylation is 1. The normalized spacial score (nSPS) is 25.1. The van der Waals surface area contributed by atoms with Crippen LogP contribution in [0.3, 0.4) is 0 Å². The molecule has 0 radical (unpaired) electrons. The predicted molar refractivity (Wildman–Crippen MR) is 96.1 cm³/mol. The number of aliphatic hydroxyl groups excluding tert-OH is 2. The number of aliphatic hydroxyl groups is 2. The fourth-order valence-electron chi connectivity index (χ4n) is 3.22. The Hall–Kier alpha value is -3.09. The van der Waals surface area contributed by atoms with E-state index in [0.717, 1.165) is 0 Å². The van der Waals surface area contributed by atoms with Gasteiger partial charge in [0.15, 0.2) is 11.5 Å². The second-order valence-corrected chi connectivity index (χ2v) is 6.59. The first-order valence-electron chi connectivity index (χ1n) is 8.64. The van der Waals surface area contributed by atoms with Gasteiger partial charge in [-0.3, -0.25) is 9.48 Å². The molecule has 0 saturated carbocycles. The van der Waals surface area contributed by atoms with Gasteiger partial charge in [-0.2, -0.15) is 5.10 Å². The molecule has 1 saturated heterocycles. The number of carbonyl (C=O) groups is 1. The van der Waals surface area contributed by atoms with Crippen molar-refractivity contribution < 1.29 is 19.7 Å². The van der Waals surface area contributed by atoms with Gasteiger partial charge in [0, 0.05) is 19.8 Å². The number of aromatic nitrogens is 6. The highest BCUT2D eigenvalue weighted by atomic mass is 16.5. The lowest BCUT2D eigenvalue weighted by Crippen LogP contribution is -2.54. The number of nitrogens with zero attached hydrogens (tertiary/aromatic N) is 6. The third-order valence-electron chi connectivity index (χ3n) is 4.76. The number of hydrogen-bond acceptors (Lipinski definition) is 9. The Morgan fingerprint density at radius 2 is 2.18 bits per heavy atom. The Balaban J connectivity index is 1.44. The molecule has 12 heteroatoms. The molecule has 0 unspecified atom stereocenters. The molecule has 1 amide bonds. The number of nitrogens with two attached hydrogens (primary N) is 1. The maximum Gasteiger partial charge on any atom is 0.271 e. The summed E-state index contributed by atoms with van der Waals surface area (Å²) in [7, 11) is 1.71. The Labute approximate surface area is 159 Å². The lowest BCUT2D eigenvalue weighted by atomic mass is 9.97. The van der Waals surface area contributed by atoms with Gasteiger partial charge in [0.1, 0.15) is 35.8 Å². The van der Waals surface area contributed by atoms with Crippen LogP contribution in [0.4, 0.5) is 5.82 Å². The molecule has 3 aromatic rings. The summed E-state index contributed by atoms with van der Waals surface area (Å²) in [6.45, 7) is 0.123. The van der Waals surface area contributed by atoms with Crippen LogP contribution in [0.15, 0.2) is 24.9 Å². The molecule has 0 aromatic carbocycles. The van der Waals surface area contributed by atoms with Gasteiger partial charge in [-0.25, -0.2) is 15.0 Å². The average molecular weight is 388 g/mol. The molecule has 148 valence electrons. The van der Waals surface area contributed by atoms with E-state index in [9.17, 15) is 15.0 Å². The third-order valence-corrected chi connectivity index (χ3v) is 4.76. The van der Waals surface area contributed by atoms with E-state index in [1.165, 1.54) is 17.3 Å². The number of anilines is 1. The van der Waals surface area contributed by atoms with Crippen LogP contribution < -0.4 is 11.1 Å². The first kappa shape index (κ1) is 18.3. The molecule has 0 bridgehead atoms. The summed E-state index contributed by atoms with van der Waals surface area (Å²) in [6, 6.07) is 0.966. The second kappa shape index (κ2) is 7.14. The lowest BCUT2D eigenvalue weighted by Gasteiger charge is -2.38. The standard InChI is InChI=1S/C16H20N8O4/c1-23-3-2-8(22-23)16(27)18-4-10-13(26)12(25)9(5-28-10)24-7-21-11-14(17)19-6-20-15(11)24/h2-3,6-7,9-10,12-13,25-26H,4-5H2,1H3,(H,18,27)(H2,17,19,20)/t9-,10-,12+,13-/m1/s1. The van der Waals surface area contributed by atoms with E-state index in [1.807, 2.05) is 0 Å². The Morgan fingerprint density at radius 3 is 2.93 bits per heavy atom. The van der Waals surface area contributed by atoms with Crippen LogP contribution >= 0.6 is 0 Å². The fraction of sp³-hybridized carbons (Fsp3) is 0.438. The first-order valence-corrected chi connectivity index (χ1v) is 8.64. The van der Waals surface area contributed by atoms with E-state index in [0.29, 0.717) is 11.2 Å². The summed E-state index contributed by atoms with van der Waals surface area (Å²) >= 11 is 0. The van der Waals surface area contributed by atoms with Crippen molar-refractivity contribution in [2.45, 2.75) is 24.4 Å².